The molecule has 2 aromatic rings. The molecule has 0 radical (unpaired) electrons. The van der Waals surface area contributed by atoms with Crippen LogP contribution in [0.3, 0.4) is 0 Å². The summed E-state index contributed by atoms with van der Waals surface area (Å²) >= 11 is 0. The molecule has 1 N–H and O–H groups in total. The van der Waals surface area contributed by atoms with Crippen molar-refractivity contribution in [3.8, 4) is 5.75 Å². The summed E-state index contributed by atoms with van der Waals surface area (Å²) in [5.41, 5.74) is 0.352. The second kappa shape index (κ2) is 9.23. The lowest BCUT2D eigenvalue weighted by Gasteiger charge is -2.24. The first-order chi connectivity index (χ1) is 12.4. The SMILES string of the molecule is CCOc1ccccc1N(CC(=O)NCCCn1ccnc1)S(C)(=O)=O. The van der Waals surface area contributed by atoms with Gasteiger partial charge < -0.3 is 14.6 Å². The van der Waals surface area contributed by atoms with Gasteiger partial charge in [-0.2, -0.15) is 0 Å². The number of rotatable bonds is 10. The van der Waals surface area contributed by atoms with Crippen LogP contribution in [0.1, 0.15) is 13.3 Å². The molecule has 9 heteroatoms. The minimum Gasteiger partial charge on any atom is -0.492 e. The maximum atomic E-state index is 12.2. The Balaban J connectivity index is 1.98. The van der Waals surface area contributed by atoms with Gasteiger partial charge in [-0.25, -0.2) is 13.4 Å². The monoisotopic (exact) mass is 380 g/mol. The average Bonchev–Trinajstić information content (AvgIpc) is 3.10. The number of imidazole rings is 1. The summed E-state index contributed by atoms with van der Waals surface area (Å²) in [7, 11) is -3.64. The number of hydrogen-bond acceptors (Lipinski definition) is 5. The number of amides is 1. The van der Waals surface area contributed by atoms with Crippen LogP contribution >= 0.6 is 0 Å². The molecule has 1 heterocycles. The molecule has 0 saturated carbocycles. The van der Waals surface area contributed by atoms with E-state index >= 15 is 0 Å². The van der Waals surface area contributed by atoms with E-state index in [1.54, 1.807) is 36.8 Å². The van der Waals surface area contributed by atoms with E-state index in [0.717, 1.165) is 23.5 Å². The van der Waals surface area contributed by atoms with E-state index in [1.165, 1.54) is 0 Å². The maximum absolute atomic E-state index is 12.2. The van der Waals surface area contributed by atoms with Crippen molar-refractivity contribution in [1.29, 1.82) is 0 Å². The lowest BCUT2D eigenvalue weighted by molar-refractivity contribution is -0.119. The lowest BCUT2D eigenvalue weighted by atomic mass is 10.3. The third kappa shape index (κ3) is 5.76. The van der Waals surface area contributed by atoms with E-state index in [2.05, 4.69) is 10.3 Å². The first-order valence-corrected chi connectivity index (χ1v) is 10.2. The van der Waals surface area contributed by atoms with E-state index < -0.39 is 10.0 Å². The third-order valence-electron chi connectivity index (χ3n) is 3.60. The first kappa shape index (κ1) is 19.8. The van der Waals surface area contributed by atoms with Gasteiger partial charge >= 0.3 is 0 Å². The number of anilines is 1. The molecule has 1 amide bonds. The molecule has 0 saturated heterocycles. The topological polar surface area (TPSA) is 93.5 Å². The molecule has 0 aliphatic carbocycles. The molecule has 2 rings (SSSR count). The third-order valence-corrected chi connectivity index (χ3v) is 4.72. The van der Waals surface area contributed by atoms with E-state index in [0.29, 0.717) is 24.6 Å². The van der Waals surface area contributed by atoms with E-state index in [4.69, 9.17) is 4.74 Å². The van der Waals surface area contributed by atoms with Gasteiger partial charge in [0.1, 0.15) is 12.3 Å². The van der Waals surface area contributed by atoms with Crippen molar-refractivity contribution < 1.29 is 17.9 Å². The first-order valence-electron chi connectivity index (χ1n) is 8.33. The van der Waals surface area contributed by atoms with Crippen LogP contribution in [0.15, 0.2) is 43.0 Å². The smallest absolute Gasteiger partial charge is 0.240 e. The maximum Gasteiger partial charge on any atom is 0.240 e. The normalized spacial score (nSPS) is 11.2. The number of benzene rings is 1. The Kier molecular flexibility index (Phi) is 7.02. The Bertz CT molecular complexity index is 806. The summed E-state index contributed by atoms with van der Waals surface area (Å²) in [5.74, 6) is 0.0562. The predicted octanol–water partition coefficient (Wildman–Crippen LogP) is 1.25. The number of carbonyl (C=O) groups excluding carboxylic acids is 1. The van der Waals surface area contributed by atoms with Crippen LogP contribution in [0, 0.1) is 0 Å². The van der Waals surface area contributed by atoms with Crippen molar-refractivity contribution in [2.45, 2.75) is 19.9 Å². The van der Waals surface area contributed by atoms with Crippen LogP contribution in [0.25, 0.3) is 0 Å². The summed E-state index contributed by atoms with van der Waals surface area (Å²) in [6.07, 6.45) is 7.03. The highest BCUT2D eigenvalue weighted by atomic mass is 32.2. The number of aromatic nitrogens is 2. The van der Waals surface area contributed by atoms with E-state index in [-0.39, 0.29) is 12.5 Å². The molecule has 0 atom stereocenters. The minimum atomic E-state index is -3.64. The molecule has 0 aliphatic heterocycles. The fourth-order valence-electron chi connectivity index (χ4n) is 2.42. The molecule has 0 aliphatic rings. The van der Waals surface area contributed by atoms with Gasteiger partial charge in [-0.05, 0) is 25.5 Å². The van der Waals surface area contributed by atoms with Crippen LogP contribution in [-0.4, -0.2) is 49.8 Å². The van der Waals surface area contributed by atoms with Gasteiger partial charge in [-0.3, -0.25) is 9.10 Å². The Labute approximate surface area is 153 Å². The van der Waals surface area contributed by atoms with Gasteiger partial charge in [-0.15, -0.1) is 0 Å². The summed E-state index contributed by atoms with van der Waals surface area (Å²) < 4.78 is 32.8. The Hall–Kier alpha value is -2.55. The van der Waals surface area contributed by atoms with Gasteiger partial charge in [0, 0.05) is 25.5 Å². The largest absolute Gasteiger partial charge is 0.492 e. The van der Waals surface area contributed by atoms with Crippen LogP contribution in [0.4, 0.5) is 5.69 Å². The highest BCUT2D eigenvalue weighted by molar-refractivity contribution is 7.92. The zero-order valence-corrected chi connectivity index (χ0v) is 15.8. The quantitative estimate of drug-likeness (QED) is 0.626. The second-order valence-electron chi connectivity index (χ2n) is 5.67. The van der Waals surface area contributed by atoms with Crippen molar-refractivity contribution in [1.82, 2.24) is 14.9 Å². The zero-order chi connectivity index (χ0) is 19.0. The zero-order valence-electron chi connectivity index (χ0n) is 15.0. The molecule has 0 unspecified atom stereocenters. The predicted molar refractivity (Wildman–Crippen MR) is 99.7 cm³/mol. The molecule has 0 bridgehead atoms. The Morgan fingerprint density at radius 2 is 2.12 bits per heavy atom. The van der Waals surface area contributed by atoms with Crippen LogP contribution in [0.5, 0.6) is 5.75 Å². The van der Waals surface area contributed by atoms with Crippen molar-refractivity contribution in [2.75, 3.05) is 30.3 Å². The summed E-state index contributed by atoms with van der Waals surface area (Å²) in [6.45, 7) is 3.09. The standard InChI is InChI=1S/C17H24N4O4S/c1-3-25-16-8-5-4-7-15(16)21(26(2,23)24)13-17(22)19-9-6-11-20-12-10-18-14-20/h4-5,7-8,10,12,14H,3,6,9,11,13H2,1-2H3,(H,19,22). The fraction of sp³-hybridized carbons (Fsp3) is 0.412. The number of aryl methyl sites for hydroxylation is 1. The van der Waals surface area contributed by atoms with Gasteiger partial charge in [0.2, 0.25) is 15.9 Å². The van der Waals surface area contributed by atoms with Crippen LogP contribution in [-0.2, 0) is 21.4 Å². The number of sulfonamides is 1. The summed E-state index contributed by atoms with van der Waals surface area (Å²) in [5, 5.41) is 2.75. The fourth-order valence-corrected chi connectivity index (χ4v) is 3.28. The molecular formula is C17H24N4O4S. The van der Waals surface area contributed by atoms with Gasteiger partial charge in [0.25, 0.3) is 0 Å². The average molecular weight is 380 g/mol. The Morgan fingerprint density at radius 3 is 2.77 bits per heavy atom. The number of nitrogens with one attached hydrogen (secondary N) is 1. The van der Waals surface area contributed by atoms with Crippen molar-refractivity contribution in [3.05, 3.63) is 43.0 Å². The summed E-state index contributed by atoms with van der Waals surface area (Å²) in [6, 6.07) is 6.77. The number of ether oxygens (including phenoxy) is 1. The molecule has 1 aromatic carbocycles. The second-order valence-corrected chi connectivity index (χ2v) is 7.58. The molecule has 142 valence electrons. The van der Waals surface area contributed by atoms with Gasteiger partial charge in [0.15, 0.2) is 0 Å². The lowest BCUT2D eigenvalue weighted by Crippen LogP contribution is -2.41. The van der Waals surface area contributed by atoms with Crippen molar-refractivity contribution in [2.24, 2.45) is 0 Å². The Morgan fingerprint density at radius 1 is 1.35 bits per heavy atom. The number of carbonyl (C=O) groups is 1. The van der Waals surface area contributed by atoms with E-state index in [1.807, 2.05) is 17.7 Å². The molecule has 0 fully saturated rings. The number of hydrogen-bond donors (Lipinski definition) is 1. The molecular weight excluding hydrogens is 356 g/mol. The highest BCUT2D eigenvalue weighted by Crippen LogP contribution is 2.29. The van der Waals surface area contributed by atoms with Crippen molar-refractivity contribution in [3.63, 3.8) is 0 Å². The number of nitrogens with zero attached hydrogens (tertiary/aromatic N) is 3. The minimum absolute atomic E-state index is 0.298. The highest BCUT2D eigenvalue weighted by Gasteiger charge is 2.23. The molecule has 8 nitrogen and oxygen atoms in total. The van der Waals surface area contributed by atoms with E-state index in [9.17, 15) is 13.2 Å². The van der Waals surface area contributed by atoms with Gasteiger partial charge in [-0.1, -0.05) is 12.1 Å². The summed E-state index contributed by atoms with van der Waals surface area (Å²) in [4.78, 5) is 16.2. The molecule has 0 spiro atoms. The van der Waals surface area contributed by atoms with Crippen molar-refractivity contribution >= 4 is 21.6 Å². The molecule has 1 aromatic heterocycles. The van der Waals surface area contributed by atoms with Crippen LogP contribution in [0.2, 0.25) is 0 Å². The van der Waals surface area contributed by atoms with Crippen LogP contribution < -0.4 is 14.4 Å². The molecule has 26 heavy (non-hydrogen) atoms. The van der Waals surface area contributed by atoms with Gasteiger partial charge in [0.05, 0.1) is 24.9 Å². The number of para-hydroxylation sites is 2.